The van der Waals surface area contributed by atoms with Crippen molar-refractivity contribution in [3.63, 3.8) is 0 Å². The predicted octanol–water partition coefficient (Wildman–Crippen LogP) is 6.80. The molecule has 0 radical (unpaired) electrons. The monoisotopic (exact) mass is 587 g/mol. The van der Waals surface area contributed by atoms with Gasteiger partial charge in [-0.25, -0.2) is 8.78 Å². The van der Waals surface area contributed by atoms with E-state index >= 15 is 0 Å². The van der Waals surface area contributed by atoms with Crippen LogP contribution >= 0.6 is 23.2 Å². The van der Waals surface area contributed by atoms with E-state index in [0.717, 1.165) is 12.1 Å². The molecule has 2 amide bonds. The first-order chi connectivity index (χ1) is 19.0. The summed E-state index contributed by atoms with van der Waals surface area (Å²) in [5.41, 5.74) is 2.32. The summed E-state index contributed by atoms with van der Waals surface area (Å²) < 4.78 is 38.5. The Hall–Kier alpha value is -4.08. The molecule has 208 valence electrons. The van der Waals surface area contributed by atoms with Crippen molar-refractivity contribution < 1.29 is 27.8 Å². The molecule has 11 heteroatoms. The molecule has 3 aromatic rings. The van der Waals surface area contributed by atoms with Crippen LogP contribution in [0.1, 0.15) is 25.3 Å². The highest BCUT2D eigenvalue weighted by Crippen LogP contribution is 2.44. The molecule has 1 heterocycles. The number of methoxy groups -OCH3 is 2. The minimum Gasteiger partial charge on any atom is -0.497 e. The number of allylic oxidation sites excluding steroid dienone is 2. The first kappa shape index (κ1) is 28.9. The highest BCUT2D eigenvalue weighted by atomic mass is 35.5. The Balaban J connectivity index is 1.84. The van der Waals surface area contributed by atoms with Crippen LogP contribution in [0.3, 0.4) is 0 Å². The Bertz CT molecular complexity index is 1490. The Kier molecular flexibility index (Phi) is 8.66. The minimum atomic E-state index is -0.946. The molecule has 3 aromatic carbocycles. The van der Waals surface area contributed by atoms with E-state index in [2.05, 4.69) is 16.0 Å². The lowest BCUT2D eigenvalue weighted by atomic mass is 9.79. The average Bonchev–Trinajstić information content (AvgIpc) is 2.91. The molecule has 7 nitrogen and oxygen atoms in total. The summed E-state index contributed by atoms with van der Waals surface area (Å²) in [6.45, 7) is 3.40. The van der Waals surface area contributed by atoms with Crippen LogP contribution < -0.4 is 25.4 Å². The number of carbonyl (C=O) groups excluding carboxylic acids is 2. The summed E-state index contributed by atoms with van der Waals surface area (Å²) in [4.78, 5) is 27.6. The highest BCUT2D eigenvalue weighted by molar-refractivity contribution is 6.31. The van der Waals surface area contributed by atoms with Crippen LogP contribution in [-0.2, 0) is 9.59 Å². The van der Waals surface area contributed by atoms with E-state index in [1.807, 2.05) is 0 Å². The molecule has 1 aliphatic rings. The molecule has 0 aliphatic carbocycles. The van der Waals surface area contributed by atoms with Crippen molar-refractivity contribution in [1.29, 1.82) is 0 Å². The fraction of sp³-hybridized carbons (Fsp3) is 0.172. The maximum absolute atomic E-state index is 13.8. The standard InChI is InChI=1S/C29H25Cl2F2N3O4/c1-14-25(28(37)35-16-5-8-22(32)20(30)11-16)27(19-13-18(39-3)7-10-24(19)40-4)26(15(2)34-14)29(38)36-17-6-9-23(33)21(31)12-17/h5-13,27,34H,1-4H3,(H,35,37)(H,36,38). The molecule has 4 rings (SSSR count). The fourth-order valence-electron chi connectivity index (χ4n) is 4.52. The summed E-state index contributed by atoms with van der Waals surface area (Å²) in [5, 5.41) is 8.27. The van der Waals surface area contributed by atoms with E-state index in [0.29, 0.717) is 28.5 Å². The van der Waals surface area contributed by atoms with E-state index in [1.165, 1.54) is 38.5 Å². The van der Waals surface area contributed by atoms with Crippen molar-refractivity contribution in [3.05, 3.63) is 104 Å². The van der Waals surface area contributed by atoms with Crippen molar-refractivity contribution in [1.82, 2.24) is 5.32 Å². The molecule has 0 unspecified atom stereocenters. The van der Waals surface area contributed by atoms with Gasteiger partial charge >= 0.3 is 0 Å². The molecule has 0 aromatic heterocycles. The van der Waals surface area contributed by atoms with Gasteiger partial charge in [0, 0.05) is 39.5 Å². The fourth-order valence-corrected chi connectivity index (χ4v) is 4.88. The molecule has 0 saturated heterocycles. The van der Waals surface area contributed by atoms with E-state index in [-0.39, 0.29) is 32.6 Å². The van der Waals surface area contributed by atoms with Gasteiger partial charge in [0.1, 0.15) is 23.1 Å². The Labute approximate surface area is 239 Å². The first-order valence-corrected chi connectivity index (χ1v) is 12.7. The predicted molar refractivity (Wildman–Crippen MR) is 151 cm³/mol. The molecule has 0 saturated carbocycles. The molecule has 3 N–H and O–H groups in total. The van der Waals surface area contributed by atoms with Crippen molar-refractivity contribution in [2.75, 3.05) is 24.9 Å². The molecule has 0 atom stereocenters. The first-order valence-electron chi connectivity index (χ1n) is 12.0. The minimum absolute atomic E-state index is 0.162. The number of nitrogens with one attached hydrogen (secondary N) is 3. The second-order valence-electron chi connectivity index (χ2n) is 8.91. The number of dihydropyridines is 1. The van der Waals surface area contributed by atoms with Gasteiger partial charge < -0.3 is 25.4 Å². The van der Waals surface area contributed by atoms with Gasteiger partial charge in [0.2, 0.25) is 0 Å². The van der Waals surface area contributed by atoms with Crippen LogP contribution in [0.2, 0.25) is 10.0 Å². The number of rotatable bonds is 7. The third kappa shape index (κ3) is 5.90. The van der Waals surface area contributed by atoms with Crippen LogP contribution in [0.4, 0.5) is 20.2 Å². The van der Waals surface area contributed by atoms with Crippen LogP contribution in [-0.4, -0.2) is 26.0 Å². The Morgan fingerprint density at radius 1 is 0.775 bits per heavy atom. The Morgan fingerprint density at radius 3 is 1.70 bits per heavy atom. The lowest BCUT2D eigenvalue weighted by Crippen LogP contribution is -2.35. The zero-order valence-corrected chi connectivity index (χ0v) is 23.4. The van der Waals surface area contributed by atoms with Gasteiger partial charge in [0.05, 0.1) is 30.2 Å². The lowest BCUT2D eigenvalue weighted by molar-refractivity contribution is -0.113. The van der Waals surface area contributed by atoms with Crippen LogP contribution in [0.5, 0.6) is 11.5 Å². The molecule has 0 spiro atoms. The van der Waals surface area contributed by atoms with E-state index in [9.17, 15) is 18.4 Å². The molecular formula is C29H25Cl2F2N3O4. The highest BCUT2D eigenvalue weighted by Gasteiger charge is 2.38. The van der Waals surface area contributed by atoms with Crippen LogP contribution in [0.15, 0.2) is 77.1 Å². The molecular weight excluding hydrogens is 563 g/mol. The molecule has 40 heavy (non-hydrogen) atoms. The van der Waals surface area contributed by atoms with Gasteiger partial charge in [-0.05, 0) is 68.4 Å². The molecule has 0 fully saturated rings. The van der Waals surface area contributed by atoms with Crippen LogP contribution in [0, 0.1) is 11.6 Å². The number of benzene rings is 3. The third-order valence-corrected chi connectivity index (χ3v) is 6.93. The van der Waals surface area contributed by atoms with Crippen molar-refractivity contribution >= 4 is 46.4 Å². The number of hydrogen-bond donors (Lipinski definition) is 3. The largest absolute Gasteiger partial charge is 0.497 e. The van der Waals surface area contributed by atoms with Gasteiger partial charge in [0.25, 0.3) is 11.8 Å². The van der Waals surface area contributed by atoms with Crippen molar-refractivity contribution in [2.24, 2.45) is 0 Å². The summed E-state index contributed by atoms with van der Waals surface area (Å²) in [6.07, 6.45) is 0. The average molecular weight is 588 g/mol. The number of carbonyl (C=O) groups is 2. The second-order valence-corrected chi connectivity index (χ2v) is 9.72. The topological polar surface area (TPSA) is 88.7 Å². The van der Waals surface area contributed by atoms with Crippen molar-refractivity contribution in [3.8, 4) is 11.5 Å². The normalized spacial score (nSPS) is 13.6. The van der Waals surface area contributed by atoms with E-state index < -0.39 is 29.4 Å². The van der Waals surface area contributed by atoms with E-state index in [4.69, 9.17) is 32.7 Å². The Morgan fingerprint density at radius 2 is 1.27 bits per heavy atom. The van der Waals surface area contributed by atoms with Crippen LogP contribution in [0.25, 0.3) is 0 Å². The number of ether oxygens (including phenoxy) is 2. The number of hydrogen-bond acceptors (Lipinski definition) is 5. The van der Waals surface area contributed by atoms with Gasteiger partial charge in [-0.1, -0.05) is 23.2 Å². The SMILES string of the molecule is COc1ccc(OC)c(C2C(C(=O)Nc3ccc(F)c(Cl)c3)=C(C)NC(C)=C2C(=O)Nc2ccc(F)c(Cl)c2)c1. The number of amides is 2. The summed E-state index contributed by atoms with van der Waals surface area (Å²) in [6, 6.07) is 12.6. The molecule has 1 aliphatic heterocycles. The van der Waals surface area contributed by atoms with Gasteiger partial charge in [0.15, 0.2) is 0 Å². The summed E-state index contributed by atoms with van der Waals surface area (Å²) in [5.74, 6) is -2.47. The van der Waals surface area contributed by atoms with E-state index in [1.54, 1.807) is 32.0 Å². The van der Waals surface area contributed by atoms with Gasteiger partial charge in [-0.2, -0.15) is 0 Å². The maximum atomic E-state index is 13.8. The molecule has 0 bridgehead atoms. The second kappa shape index (κ2) is 12.0. The number of anilines is 2. The summed E-state index contributed by atoms with van der Waals surface area (Å²) >= 11 is 11.8. The number of halogens is 4. The van der Waals surface area contributed by atoms with Gasteiger partial charge in [-0.3, -0.25) is 9.59 Å². The third-order valence-electron chi connectivity index (χ3n) is 6.35. The zero-order valence-electron chi connectivity index (χ0n) is 21.9. The summed E-state index contributed by atoms with van der Waals surface area (Å²) in [7, 11) is 2.97. The quantitative estimate of drug-likeness (QED) is 0.283. The van der Waals surface area contributed by atoms with Crippen molar-refractivity contribution in [2.45, 2.75) is 19.8 Å². The lowest BCUT2D eigenvalue weighted by Gasteiger charge is -2.32. The maximum Gasteiger partial charge on any atom is 0.254 e. The van der Waals surface area contributed by atoms with Gasteiger partial charge in [-0.15, -0.1) is 0 Å². The smallest absolute Gasteiger partial charge is 0.254 e. The zero-order chi connectivity index (χ0) is 29.1.